The van der Waals surface area contributed by atoms with Gasteiger partial charge in [0.2, 0.25) is 0 Å². The summed E-state index contributed by atoms with van der Waals surface area (Å²) in [5.74, 6) is -0.235. The zero-order valence-electron chi connectivity index (χ0n) is 10.1. The van der Waals surface area contributed by atoms with Crippen LogP contribution in [0, 0.1) is 0 Å². The summed E-state index contributed by atoms with van der Waals surface area (Å²) < 4.78 is 36.5. The summed E-state index contributed by atoms with van der Waals surface area (Å²) in [6.07, 6.45) is -5.15. The van der Waals surface area contributed by atoms with E-state index in [1.54, 1.807) is 6.92 Å². The minimum atomic E-state index is -4.22. The Morgan fingerprint density at radius 3 is 2.33 bits per heavy atom. The third-order valence-electron chi connectivity index (χ3n) is 2.55. The van der Waals surface area contributed by atoms with Crippen LogP contribution in [-0.4, -0.2) is 22.4 Å². The van der Waals surface area contributed by atoms with Gasteiger partial charge in [-0.2, -0.15) is 13.2 Å². The number of hydrogen-bond donors (Lipinski definition) is 3. The summed E-state index contributed by atoms with van der Waals surface area (Å²) in [4.78, 5) is 0. The molecule has 2 unspecified atom stereocenters. The van der Waals surface area contributed by atoms with Gasteiger partial charge in [-0.15, -0.1) is 0 Å². The summed E-state index contributed by atoms with van der Waals surface area (Å²) in [7, 11) is 0. The molecule has 3 N–H and O–H groups in total. The van der Waals surface area contributed by atoms with Crippen LogP contribution in [-0.2, 0) is 0 Å². The first-order valence-electron chi connectivity index (χ1n) is 5.53. The molecule has 0 aliphatic heterocycles. The van der Waals surface area contributed by atoms with Gasteiger partial charge in [0.25, 0.3) is 0 Å². The van der Waals surface area contributed by atoms with Crippen molar-refractivity contribution in [1.82, 2.24) is 5.32 Å². The lowest BCUT2D eigenvalue weighted by atomic mass is 10.1. The van der Waals surface area contributed by atoms with Crippen LogP contribution in [0.5, 0.6) is 11.5 Å². The SMILES string of the molecule is CC(CC(F)(F)F)NC(C)c1ccc(O)cc1O. The fraction of sp³-hybridized carbons (Fsp3) is 0.500. The van der Waals surface area contributed by atoms with Crippen molar-refractivity contribution >= 4 is 0 Å². The van der Waals surface area contributed by atoms with Crippen molar-refractivity contribution in [2.24, 2.45) is 0 Å². The van der Waals surface area contributed by atoms with Crippen LogP contribution in [0.4, 0.5) is 13.2 Å². The van der Waals surface area contributed by atoms with Crippen molar-refractivity contribution in [3.05, 3.63) is 23.8 Å². The van der Waals surface area contributed by atoms with Crippen LogP contribution < -0.4 is 5.32 Å². The molecular weight excluding hydrogens is 247 g/mol. The van der Waals surface area contributed by atoms with Gasteiger partial charge < -0.3 is 15.5 Å². The molecule has 1 aromatic carbocycles. The van der Waals surface area contributed by atoms with Crippen LogP contribution in [0.25, 0.3) is 0 Å². The number of phenols is 2. The van der Waals surface area contributed by atoms with Crippen LogP contribution in [0.3, 0.4) is 0 Å². The van der Waals surface area contributed by atoms with Crippen molar-refractivity contribution < 1.29 is 23.4 Å². The molecule has 6 heteroatoms. The Morgan fingerprint density at radius 1 is 1.22 bits per heavy atom. The number of alkyl halides is 3. The number of benzene rings is 1. The quantitative estimate of drug-likeness (QED) is 0.782. The third-order valence-corrected chi connectivity index (χ3v) is 2.55. The van der Waals surface area contributed by atoms with E-state index >= 15 is 0 Å². The summed E-state index contributed by atoms with van der Waals surface area (Å²) in [5, 5.41) is 21.5. The van der Waals surface area contributed by atoms with Crippen molar-refractivity contribution in [2.75, 3.05) is 0 Å². The highest BCUT2D eigenvalue weighted by Crippen LogP contribution is 2.29. The van der Waals surface area contributed by atoms with Gasteiger partial charge >= 0.3 is 6.18 Å². The van der Waals surface area contributed by atoms with E-state index in [1.807, 2.05) is 0 Å². The number of hydrogen-bond acceptors (Lipinski definition) is 3. The van der Waals surface area contributed by atoms with Crippen molar-refractivity contribution in [2.45, 2.75) is 38.5 Å². The first-order valence-corrected chi connectivity index (χ1v) is 5.53. The van der Waals surface area contributed by atoms with Gasteiger partial charge in [0.05, 0.1) is 6.42 Å². The smallest absolute Gasteiger partial charge is 0.390 e. The van der Waals surface area contributed by atoms with E-state index in [-0.39, 0.29) is 11.5 Å². The van der Waals surface area contributed by atoms with Crippen LogP contribution in [0.1, 0.15) is 31.9 Å². The molecule has 0 radical (unpaired) electrons. The molecule has 0 fully saturated rings. The van der Waals surface area contributed by atoms with Crippen molar-refractivity contribution in [3.63, 3.8) is 0 Å². The van der Waals surface area contributed by atoms with Gasteiger partial charge in [0, 0.05) is 23.7 Å². The minimum Gasteiger partial charge on any atom is -0.508 e. The van der Waals surface area contributed by atoms with E-state index in [0.29, 0.717) is 5.56 Å². The molecule has 18 heavy (non-hydrogen) atoms. The first-order chi connectivity index (χ1) is 8.19. The van der Waals surface area contributed by atoms with Gasteiger partial charge in [-0.25, -0.2) is 0 Å². The summed E-state index contributed by atoms with van der Waals surface area (Å²) in [6, 6.07) is 2.81. The third kappa shape index (κ3) is 4.44. The standard InChI is InChI=1S/C12H16F3NO2/c1-7(6-12(13,14)15)16-8(2)10-4-3-9(17)5-11(10)18/h3-5,7-8,16-18H,6H2,1-2H3. The lowest BCUT2D eigenvalue weighted by molar-refractivity contribution is -0.139. The highest BCUT2D eigenvalue weighted by Gasteiger charge is 2.30. The van der Waals surface area contributed by atoms with Gasteiger partial charge in [0.15, 0.2) is 0 Å². The fourth-order valence-electron chi connectivity index (χ4n) is 1.82. The molecule has 3 nitrogen and oxygen atoms in total. The van der Waals surface area contributed by atoms with Gasteiger partial charge in [-0.3, -0.25) is 0 Å². The molecule has 2 atom stereocenters. The minimum absolute atomic E-state index is 0.0909. The Morgan fingerprint density at radius 2 is 1.83 bits per heavy atom. The Bertz CT molecular complexity index is 407. The van der Waals surface area contributed by atoms with Crippen LogP contribution in [0.15, 0.2) is 18.2 Å². The molecule has 0 aliphatic rings. The fourth-order valence-corrected chi connectivity index (χ4v) is 1.82. The van der Waals surface area contributed by atoms with E-state index in [4.69, 9.17) is 5.11 Å². The number of nitrogens with one attached hydrogen (secondary N) is 1. The average molecular weight is 263 g/mol. The highest BCUT2D eigenvalue weighted by molar-refractivity contribution is 5.40. The molecule has 0 spiro atoms. The molecule has 102 valence electrons. The van der Waals surface area contributed by atoms with E-state index in [9.17, 15) is 18.3 Å². The van der Waals surface area contributed by atoms with Crippen LogP contribution in [0.2, 0.25) is 0 Å². The molecule has 0 saturated carbocycles. The van der Waals surface area contributed by atoms with E-state index in [0.717, 1.165) is 6.07 Å². The Balaban J connectivity index is 2.67. The summed E-state index contributed by atoms with van der Waals surface area (Å²) >= 11 is 0. The van der Waals surface area contributed by atoms with Gasteiger partial charge in [-0.1, -0.05) is 6.07 Å². The summed E-state index contributed by atoms with van der Waals surface area (Å²) in [5.41, 5.74) is 0.446. The molecule has 0 bridgehead atoms. The van der Waals surface area contributed by atoms with Gasteiger partial charge in [0.1, 0.15) is 11.5 Å². The second-order valence-electron chi connectivity index (χ2n) is 4.35. The van der Waals surface area contributed by atoms with E-state index in [1.165, 1.54) is 19.1 Å². The second-order valence-corrected chi connectivity index (χ2v) is 4.35. The van der Waals surface area contributed by atoms with E-state index < -0.39 is 24.7 Å². The Kier molecular flexibility index (Phi) is 4.45. The van der Waals surface area contributed by atoms with Crippen molar-refractivity contribution in [1.29, 1.82) is 0 Å². The lowest BCUT2D eigenvalue weighted by Crippen LogP contribution is -2.33. The molecule has 0 heterocycles. The molecule has 1 rings (SSSR count). The second kappa shape index (κ2) is 5.48. The molecule has 0 aromatic heterocycles. The summed E-state index contributed by atoms with van der Waals surface area (Å²) in [6.45, 7) is 3.08. The largest absolute Gasteiger partial charge is 0.508 e. The number of halogens is 3. The van der Waals surface area contributed by atoms with Crippen molar-refractivity contribution in [3.8, 4) is 11.5 Å². The molecular formula is C12H16F3NO2. The first kappa shape index (κ1) is 14.6. The van der Waals surface area contributed by atoms with Gasteiger partial charge in [-0.05, 0) is 19.9 Å². The molecule has 0 amide bonds. The topological polar surface area (TPSA) is 52.5 Å². The molecule has 0 aliphatic carbocycles. The average Bonchev–Trinajstić information content (AvgIpc) is 2.13. The Labute approximate surface area is 103 Å². The molecule has 0 saturated heterocycles. The predicted molar refractivity (Wildman–Crippen MR) is 61.5 cm³/mol. The zero-order chi connectivity index (χ0) is 13.9. The maximum atomic E-state index is 12.2. The number of phenolic OH excluding ortho intramolecular Hbond substituents is 2. The Hall–Kier alpha value is -1.43. The normalized spacial score (nSPS) is 15.4. The monoisotopic (exact) mass is 263 g/mol. The molecule has 1 aromatic rings. The number of aromatic hydroxyl groups is 2. The zero-order valence-corrected chi connectivity index (χ0v) is 10.1. The highest BCUT2D eigenvalue weighted by atomic mass is 19.4. The maximum Gasteiger partial charge on any atom is 0.390 e. The maximum absolute atomic E-state index is 12.2. The number of rotatable bonds is 4. The lowest BCUT2D eigenvalue weighted by Gasteiger charge is -2.22. The van der Waals surface area contributed by atoms with Crippen LogP contribution >= 0.6 is 0 Å². The predicted octanol–water partition coefficient (Wildman–Crippen LogP) is 3.09. The van der Waals surface area contributed by atoms with E-state index in [2.05, 4.69) is 5.32 Å².